The molecule has 0 aliphatic carbocycles. The lowest BCUT2D eigenvalue weighted by molar-refractivity contribution is -0.532. The molecule has 3 rings (SSSR count). The van der Waals surface area contributed by atoms with Gasteiger partial charge in [0.25, 0.3) is 6.04 Å². The molecule has 9 nitrogen and oxygen atoms in total. The number of nitrogens with zero attached hydrogens (tertiary/aromatic N) is 3. The van der Waals surface area contributed by atoms with Gasteiger partial charge in [0.05, 0.1) is 0 Å². The minimum Gasteiger partial charge on any atom is -0.358 e. The van der Waals surface area contributed by atoms with E-state index in [2.05, 4.69) is 15.8 Å². The van der Waals surface area contributed by atoms with Crippen LogP contribution in [0.4, 0.5) is 4.39 Å². The van der Waals surface area contributed by atoms with Crippen LogP contribution < -0.4 is 10.9 Å². The summed E-state index contributed by atoms with van der Waals surface area (Å²) in [5, 5.41) is 11.7. The van der Waals surface area contributed by atoms with Crippen LogP contribution in [-0.2, 0) is 16.1 Å². The van der Waals surface area contributed by atoms with Crippen LogP contribution in [-0.4, -0.2) is 72.2 Å². The molecule has 2 aliphatic heterocycles. The normalized spacial score (nSPS) is 26.3. The average molecular weight is 402 g/mol. The van der Waals surface area contributed by atoms with Crippen molar-refractivity contribution in [2.75, 3.05) is 33.3 Å². The fraction of sp³-hybridized carbons (Fsp3) is 0.562. The molecule has 3 unspecified atom stereocenters. The number of rotatable bonds is 5. The number of ether oxygens (including phenoxy) is 1. The first-order chi connectivity index (χ1) is 12.9. The van der Waals surface area contributed by atoms with E-state index in [1.54, 1.807) is 11.0 Å². The lowest BCUT2D eigenvalue weighted by Gasteiger charge is -2.36. The Kier molecular flexibility index (Phi) is 6.22. The van der Waals surface area contributed by atoms with E-state index in [1.807, 2.05) is 0 Å². The lowest BCUT2D eigenvalue weighted by Crippen LogP contribution is -2.56. The van der Waals surface area contributed by atoms with Crippen LogP contribution in [0.5, 0.6) is 0 Å². The highest BCUT2D eigenvalue weighted by Crippen LogP contribution is 2.20. The Labute approximate surface area is 160 Å². The Morgan fingerprint density at radius 2 is 2.07 bits per heavy atom. The van der Waals surface area contributed by atoms with Gasteiger partial charge in [0.2, 0.25) is 5.91 Å². The fourth-order valence-electron chi connectivity index (χ4n) is 3.37. The molecule has 2 heterocycles. The lowest BCUT2D eigenvalue weighted by atomic mass is 10.1. The van der Waals surface area contributed by atoms with Gasteiger partial charge in [0, 0.05) is 49.8 Å². The molecule has 1 amide bonds. The molecular formula is C16H21ClFN5O4. The third-order valence-electron chi connectivity index (χ3n) is 4.89. The van der Waals surface area contributed by atoms with Crippen LogP contribution in [0.25, 0.3) is 0 Å². The quantitative estimate of drug-likeness (QED) is 0.537. The second kappa shape index (κ2) is 8.44. The van der Waals surface area contributed by atoms with Gasteiger partial charge in [-0.15, -0.1) is 0 Å². The number of methoxy groups -OCH3 is 1. The van der Waals surface area contributed by atoms with Gasteiger partial charge in [-0.25, -0.2) is 15.2 Å². The Morgan fingerprint density at radius 1 is 1.37 bits per heavy atom. The minimum absolute atomic E-state index is 0.330. The number of hydrogen-bond donors (Lipinski definition) is 2. The molecule has 2 N–H and O–H groups in total. The van der Waals surface area contributed by atoms with Crippen molar-refractivity contribution in [1.82, 2.24) is 20.7 Å². The Bertz CT molecular complexity index is 716. The molecule has 0 spiro atoms. The third kappa shape index (κ3) is 4.36. The highest BCUT2D eigenvalue weighted by Gasteiger charge is 2.50. The largest absolute Gasteiger partial charge is 0.358 e. The summed E-state index contributed by atoms with van der Waals surface area (Å²) in [6.45, 7) is 2.62. The van der Waals surface area contributed by atoms with Crippen LogP contribution in [0, 0.1) is 15.9 Å². The molecular weight excluding hydrogens is 381 g/mol. The van der Waals surface area contributed by atoms with Gasteiger partial charge in [-0.1, -0.05) is 17.7 Å². The van der Waals surface area contributed by atoms with Gasteiger partial charge in [0.15, 0.2) is 12.3 Å². The molecule has 1 aromatic carbocycles. The van der Waals surface area contributed by atoms with Gasteiger partial charge < -0.3 is 9.64 Å². The van der Waals surface area contributed by atoms with Crippen molar-refractivity contribution in [3.05, 3.63) is 44.7 Å². The number of carbonyl (C=O) groups is 1. The van der Waals surface area contributed by atoms with Gasteiger partial charge in [-0.3, -0.25) is 19.8 Å². The summed E-state index contributed by atoms with van der Waals surface area (Å²) in [6.07, 6.45) is -0.865. The molecule has 3 atom stereocenters. The number of carbonyl (C=O) groups excluding carboxylic acids is 1. The molecule has 1 aromatic rings. The van der Waals surface area contributed by atoms with Crippen molar-refractivity contribution in [2.24, 2.45) is 0 Å². The predicted molar refractivity (Wildman–Crippen MR) is 94.9 cm³/mol. The molecule has 2 fully saturated rings. The molecule has 0 saturated carbocycles. The number of nitrogens with one attached hydrogen (secondary N) is 2. The fourth-order valence-corrected chi connectivity index (χ4v) is 3.60. The van der Waals surface area contributed by atoms with Gasteiger partial charge in [-0.2, -0.15) is 0 Å². The van der Waals surface area contributed by atoms with Crippen molar-refractivity contribution in [3.63, 3.8) is 0 Å². The zero-order valence-corrected chi connectivity index (χ0v) is 15.5. The molecule has 2 aliphatic rings. The summed E-state index contributed by atoms with van der Waals surface area (Å²) >= 11 is 6.06. The monoisotopic (exact) mass is 401 g/mol. The van der Waals surface area contributed by atoms with E-state index in [9.17, 15) is 19.3 Å². The van der Waals surface area contributed by atoms with Gasteiger partial charge in [-0.05, 0) is 17.7 Å². The van der Waals surface area contributed by atoms with E-state index in [1.165, 1.54) is 19.2 Å². The third-order valence-corrected chi connectivity index (χ3v) is 5.24. The Morgan fingerprint density at radius 3 is 2.67 bits per heavy atom. The number of benzene rings is 1. The SMILES string of the molecule is COC1NNC(C(=O)N2CCN(Cc3ccc(F)cc3Cl)CC2)C1[N+](=O)[O-]. The molecule has 0 aromatic heterocycles. The standard InChI is InChI=1S/C16H21ClFN5O4/c1-27-15-14(23(25)26)13(19-20-15)16(24)22-6-4-21(5-7-22)9-10-2-3-11(18)8-12(10)17/h2-3,8,13-15,19-20H,4-7,9H2,1H3. The first-order valence-corrected chi connectivity index (χ1v) is 8.91. The number of amides is 1. The average Bonchev–Trinajstić information content (AvgIpc) is 3.08. The maximum Gasteiger partial charge on any atom is 0.278 e. The van der Waals surface area contributed by atoms with Gasteiger partial charge in [0.1, 0.15) is 5.82 Å². The second-order valence-corrected chi connectivity index (χ2v) is 6.94. The molecule has 11 heteroatoms. The molecule has 0 bridgehead atoms. The summed E-state index contributed by atoms with van der Waals surface area (Å²) in [5.41, 5.74) is 6.13. The van der Waals surface area contributed by atoms with E-state index < -0.39 is 23.2 Å². The molecule has 27 heavy (non-hydrogen) atoms. The number of piperazine rings is 1. The summed E-state index contributed by atoms with van der Waals surface area (Å²) in [6, 6.07) is 2.11. The summed E-state index contributed by atoms with van der Waals surface area (Å²) in [5.74, 6) is -0.713. The number of hydrogen-bond acceptors (Lipinski definition) is 7. The zero-order valence-electron chi connectivity index (χ0n) is 14.7. The van der Waals surface area contributed by atoms with Crippen molar-refractivity contribution in [3.8, 4) is 0 Å². The predicted octanol–water partition coefficient (Wildman–Crippen LogP) is 0.218. The van der Waals surface area contributed by atoms with Crippen molar-refractivity contribution >= 4 is 17.5 Å². The van der Waals surface area contributed by atoms with Crippen LogP contribution in [0.2, 0.25) is 5.02 Å². The maximum absolute atomic E-state index is 13.1. The zero-order chi connectivity index (χ0) is 19.6. The van der Waals surface area contributed by atoms with Crippen LogP contribution in [0.15, 0.2) is 18.2 Å². The number of halogens is 2. The minimum atomic E-state index is -1.20. The molecule has 2 saturated heterocycles. The Hall–Kier alpha value is -1.85. The van der Waals surface area contributed by atoms with Crippen LogP contribution >= 0.6 is 11.6 Å². The maximum atomic E-state index is 13.1. The second-order valence-electron chi connectivity index (χ2n) is 6.54. The highest BCUT2D eigenvalue weighted by molar-refractivity contribution is 6.31. The number of hydrazine groups is 1. The summed E-state index contributed by atoms with van der Waals surface area (Å²) in [4.78, 5) is 27.2. The molecule has 0 radical (unpaired) electrons. The number of nitro groups is 1. The van der Waals surface area contributed by atoms with E-state index in [4.69, 9.17) is 16.3 Å². The van der Waals surface area contributed by atoms with Crippen LogP contribution in [0.3, 0.4) is 0 Å². The van der Waals surface area contributed by atoms with Crippen molar-refractivity contribution in [1.29, 1.82) is 0 Å². The van der Waals surface area contributed by atoms with E-state index >= 15 is 0 Å². The van der Waals surface area contributed by atoms with E-state index in [-0.39, 0.29) is 11.7 Å². The van der Waals surface area contributed by atoms with Crippen molar-refractivity contribution in [2.45, 2.75) is 24.9 Å². The summed E-state index contributed by atoms with van der Waals surface area (Å²) < 4.78 is 18.2. The Balaban J connectivity index is 1.57. The van der Waals surface area contributed by atoms with E-state index in [0.29, 0.717) is 37.7 Å². The van der Waals surface area contributed by atoms with Crippen molar-refractivity contribution < 1.29 is 18.8 Å². The smallest absolute Gasteiger partial charge is 0.278 e. The first kappa shape index (κ1) is 19.9. The topological polar surface area (TPSA) is 100.0 Å². The van der Waals surface area contributed by atoms with E-state index in [0.717, 1.165) is 5.56 Å². The first-order valence-electron chi connectivity index (χ1n) is 8.53. The van der Waals surface area contributed by atoms with Crippen LogP contribution in [0.1, 0.15) is 5.56 Å². The highest BCUT2D eigenvalue weighted by atomic mass is 35.5. The summed E-state index contributed by atoms with van der Waals surface area (Å²) in [7, 11) is 1.35. The van der Waals surface area contributed by atoms with Gasteiger partial charge >= 0.3 is 0 Å². The molecule has 148 valence electrons.